The number of hydrogen-bond acceptors (Lipinski definition) is 6. The van der Waals surface area contributed by atoms with Crippen LogP contribution in [0.5, 0.6) is 0 Å². The van der Waals surface area contributed by atoms with Gasteiger partial charge >= 0.3 is 0 Å². The van der Waals surface area contributed by atoms with Crippen LogP contribution in [-0.4, -0.2) is 40.5 Å². The highest BCUT2D eigenvalue weighted by Crippen LogP contribution is 2.37. The third kappa shape index (κ3) is 3.09. The van der Waals surface area contributed by atoms with Crippen molar-refractivity contribution in [3.8, 4) is 0 Å². The molecule has 1 aliphatic rings. The topological polar surface area (TPSA) is 88.1 Å². The average Bonchev–Trinajstić information content (AvgIpc) is 3.10. The van der Waals surface area contributed by atoms with Crippen molar-refractivity contribution in [3.63, 3.8) is 0 Å². The smallest absolute Gasteiger partial charge is 0.192 e. The normalized spacial score (nSPS) is 21.7. The lowest BCUT2D eigenvalue weighted by Gasteiger charge is -2.36. The summed E-state index contributed by atoms with van der Waals surface area (Å²) in [6.45, 7) is 11.7. The second kappa shape index (κ2) is 5.94. The molecule has 0 radical (unpaired) electrons. The zero-order valence-electron chi connectivity index (χ0n) is 14.9. The molecule has 7 nitrogen and oxygen atoms in total. The number of anilines is 1. The molecule has 8 heteroatoms. The summed E-state index contributed by atoms with van der Waals surface area (Å²) in [6.07, 6.45) is 6.83. The molecule has 0 spiro atoms. The van der Waals surface area contributed by atoms with E-state index in [1.54, 1.807) is 6.33 Å². The van der Waals surface area contributed by atoms with Crippen molar-refractivity contribution in [3.05, 3.63) is 24.8 Å². The number of nitrogen functional groups attached to an aromatic ring is 1. The molecule has 2 aromatic rings. The quantitative estimate of drug-likeness (QED) is 0.676. The van der Waals surface area contributed by atoms with E-state index in [9.17, 15) is 0 Å². The zero-order chi connectivity index (χ0) is 17.5. The maximum Gasteiger partial charge on any atom is 0.192 e. The van der Waals surface area contributed by atoms with Crippen molar-refractivity contribution >= 4 is 25.3 Å². The third-order valence-electron chi connectivity index (χ3n) is 4.88. The van der Waals surface area contributed by atoms with Crippen LogP contribution >= 0.6 is 0 Å². The Morgan fingerprint density at radius 3 is 2.71 bits per heavy atom. The first kappa shape index (κ1) is 17.1. The Kier molecular flexibility index (Phi) is 4.23. The molecule has 3 heterocycles. The lowest BCUT2D eigenvalue weighted by molar-refractivity contribution is -0.00380. The molecule has 0 bridgehead atoms. The number of nitrogens with two attached hydrogens (primary N) is 1. The Morgan fingerprint density at radius 2 is 2.00 bits per heavy atom. The summed E-state index contributed by atoms with van der Waals surface area (Å²) in [7, 11) is -1.78. The molecule has 130 valence electrons. The molecule has 2 N–H and O–H groups in total. The summed E-state index contributed by atoms with van der Waals surface area (Å²) in [5.41, 5.74) is 7.09. The van der Waals surface area contributed by atoms with Crippen molar-refractivity contribution in [1.29, 1.82) is 0 Å². The van der Waals surface area contributed by atoms with E-state index in [0.717, 1.165) is 0 Å². The average molecular weight is 347 g/mol. The van der Waals surface area contributed by atoms with Gasteiger partial charge in [0.1, 0.15) is 17.9 Å². The van der Waals surface area contributed by atoms with Crippen LogP contribution in [0.25, 0.3) is 11.2 Å². The van der Waals surface area contributed by atoms with E-state index in [0.29, 0.717) is 23.6 Å². The van der Waals surface area contributed by atoms with Crippen LogP contribution in [0.15, 0.2) is 24.8 Å². The molecule has 1 aliphatic heterocycles. The third-order valence-corrected chi connectivity index (χ3v) is 9.38. The minimum atomic E-state index is -1.78. The van der Waals surface area contributed by atoms with Crippen LogP contribution in [-0.2, 0) is 9.16 Å². The largest absolute Gasteiger partial charge is 0.414 e. The highest BCUT2D eigenvalue weighted by Gasteiger charge is 2.38. The SMILES string of the molecule is CC(C)(C)[Si](C)(C)OC[C@H]1C=C[C@@H](n2cnc3c(N)ncnc32)O1. The van der Waals surface area contributed by atoms with Crippen LogP contribution in [0.2, 0.25) is 18.1 Å². The van der Waals surface area contributed by atoms with Gasteiger partial charge in [-0.3, -0.25) is 4.57 Å². The van der Waals surface area contributed by atoms with Gasteiger partial charge in [-0.05, 0) is 24.2 Å². The van der Waals surface area contributed by atoms with E-state index in [4.69, 9.17) is 14.9 Å². The molecule has 0 aliphatic carbocycles. The van der Waals surface area contributed by atoms with E-state index in [1.165, 1.54) is 6.33 Å². The molecular formula is C16H25N5O2Si. The number of rotatable bonds is 4. The molecule has 0 fully saturated rings. The van der Waals surface area contributed by atoms with Crippen molar-refractivity contribution in [2.45, 2.75) is 51.2 Å². The van der Waals surface area contributed by atoms with Gasteiger partial charge in [0, 0.05) is 0 Å². The van der Waals surface area contributed by atoms with Gasteiger partial charge in [0.2, 0.25) is 0 Å². The van der Waals surface area contributed by atoms with E-state index >= 15 is 0 Å². The van der Waals surface area contributed by atoms with E-state index in [2.05, 4.69) is 48.8 Å². The van der Waals surface area contributed by atoms with Gasteiger partial charge < -0.3 is 14.9 Å². The molecule has 3 rings (SSSR count). The number of nitrogens with zero attached hydrogens (tertiary/aromatic N) is 4. The Labute approximate surface area is 143 Å². The highest BCUT2D eigenvalue weighted by atomic mass is 28.4. The molecule has 0 amide bonds. The maximum absolute atomic E-state index is 6.24. The number of ether oxygens (including phenoxy) is 1. The first-order chi connectivity index (χ1) is 11.2. The molecule has 0 aromatic carbocycles. The molecule has 0 saturated carbocycles. The summed E-state index contributed by atoms with van der Waals surface area (Å²) in [4.78, 5) is 12.5. The fourth-order valence-corrected chi connectivity index (χ4v) is 3.32. The summed E-state index contributed by atoms with van der Waals surface area (Å²) < 4.78 is 14.2. The first-order valence-corrected chi connectivity index (χ1v) is 11.0. The van der Waals surface area contributed by atoms with Crippen LogP contribution in [0, 0.1) is 0 Å². The van der Waals surface area contributed by atoms with Crippen molar-refractivity contribution in [1.82, 2.24) is 19.5 Å². The monoisotopic (exact) mass is 347 g/mol. The molecule has 24 heavy (non-hydrogen) atoms. The minimum absolute atomic E-state index is 0.0687. The minimum Gasteiger partial charge on any atom is -0.414 e. The van der Waals surface area contributed by atoms with E-state index in [1.807, 2.05) is 16.7 Å². The zero-order valence-corrected chi connectivity index (χ0v) is 15.9. The highest BCUT2D eigenvalue weighted by molar-refractivity contribution is 6.74. The fourth-order valence-electron chi connectivity index (χ4n) is 2.31. The van der Waals surface area contributed by atoms with E-state index in [-0.39, 0.29) is 17.4 Å². The second-order valence-electron chi connectivity index (χ2n) is 7.60. The fraction of sp³-hybridized carbons (Fsp3) is 0.562. The van der Waals surface area contributed by atoms with Crippen LogP contribution in [0.3, 0.4) is 0 Å². The van der Waals surface area contributed by atoms with Gasteiger partial charge in [0.25, 0.3) is 0 Å². The van der Waals surface area contributed by atoms with Gasteiger partial charge in [-0.2, -0.15) is 0 Å². The Bertz CT molecular complexity index is 765. The molecular weight excluding hydrogens is 322 g/mol. The van der Waals surface area contributed by atoms with Crippen molar-refractivity contribution < 1.29 is 9.16 Å². The first-order valence-electron chi connectivity index (χ1n) is 8.10. The van der Waals surface area contributed by atoms with Crippen LogP contribution < -0.4 is 5.73 Å². The molecule has 0 unspecified atom stereocenters. The van der Waals surface area contributed by atoms with Crippen molar-refractivity contribution in [2.75, 3.05) is 12.3 Å². The molecule has 2 aromatic heterocycles. The van der Waals surface area contributed by atoms with Gasteiger partial charge in [0.15, 0.2) is 26.0 Å². The lowest BCUT2D eigenvalue weighted by Crippen LogP contribution is -2.42. The summed E-state index contributed by atoms with van der Waals surface area (Å²) >= 11 is 0. The number of fused-ring (bicyclic) bond motifs is 1. The Balaban J connectivity index is 1.68. The summed E-state index contributed by atoms with van der Waals surface area (Å²) in [5, 5.41) is 0.184. The summed E-state index contributed by atoms with van der Waals surface area (Å²) in [5.74, 6) is 0.374. The Morgan fingerprint density at radius 1 is 1.25 bits per heavy atom. The van der Waals surface area contributed by atoms with Gasteiger partial charge in [-0.25, -0.2) is 15.0 Å². The second-order valence-corrected chi connectivity index (χ2v) is 12.4. The van der Waals surface area contributed by atoms with Crippen molar-refractivity contribution in [2.24, 2.45) is 0 Å². The van der Waals surface area contributed by atoms with Crippen LogP contribution in [0.1, 0.15) is 27.0 Å². The van der Waals surface area contributed by atoms with Gasteiger partial charge in [-0.1, -0.05) is 26.8 Å². The van der Waals surface area contributed by atoms with E-state index < -0.39 is 8.32 Å². The standard InChI is InChI=1S/C16H25N5O2Si/c1-16(2,3)24(4,5)22-8-11-6-7-12(23-11)21-10-20-13-14(17)18-9-19-15(13)21/h6-7,9-12H,8H2,1-5H3,(H2,17,18,19)/t11-,12+/m1/s1. The maximum atomic E-state index is 6.24. The molecule has 2 atom stereocenters. The summed E-state index contributed by atoms with van der Waals surface area (Å²) in [6, 6.07) is 0. The Hall–Kier alpha value is -1.77. The predicted octanol–water partition coefficient (Wildman–Crippen LogP) is 2.88. The van der Waals surface area contributed by atoms with Crippen LogP contribution in [0.4, 0.5) is 5.82 Å². The number of imidazole rings is 1. The van der Waals surface area contributed by atoms with Gasteiger partial charge in [0.05, 0.1) is 12.9 Å². The number of aromatic nitrogens is 4. The predicted molar refractivity (Wildman–Crippen MR) is 95.9 cm³/mol. The van der Waals surface area contributed by atoms with Gasteiger partial charge in [-0.15, -0.1) is 0 Å². The lowest BCUT2D eigenvalue weighted by atomic mass is 10.2. The molecule has 0 saturated heterocycles. The number of hydrogen-bond donors (Lipinski definition) is 1.